The first-order valence-corrected chi connectivity index (χ1v) is 5.92. The topological polar surface area (TPSA) is 77.7 Å². The van der Waals surface area contributed by atoms with Crippen LogP contribution < -0.4 is 10.6 Å². The van der Waals surface area contributed by atoms with E-state index in [1.54, 1.807) is 7.11 Å². The normalized spacial score (nSPS) is 10.3. The van der Waals surface area contributed by atoms with Crippen molar-refractivity contribution in [1.29, 1.82) is 0 Å². The molecule has 0 unspecified atom stereocenters. The number of carbonyl (C=O) groups is 1. The summed E-state index contributed by atoms with van der Waals surface area (Å²) in [5.41, 5.74) is 6.00. The Hall–Kier alpha value is -1.34. The summed E-state index contributed by atoms with van der Waals surface area (Å²) in [6.07, 6.45) is 0.866. The zero-order valence-electron chi connectivity index (χ0n) is 10.2. The number of aromatic nitrogens is 1. The zero-order valence-corrected chi connectivity index (χ0v) is 11.0. The molecule has 1 rings (SSSR count). The average molecular weight is 259 g/mol. The van der Waals surface area contributed by atoms with Gasteiger partial charge in [0.25, 0.3) is 0 Å². The lowest BCUT2D eigenvalue weighted by atomic mass is 10.3. The lowest BCUT2D eigenvalue weighted by Gasteiger charge is -2.17. The molecule has 96 valence electrons. The molecule has 0 fully saturated rings. The van der Waals surface area contributed by atoms with Crippen LogP contribution in [0.15, 0.2) is 0 Å². The van der Waals surface area contributed by atoms with E-state index in [1.165, 1.54) is 18.6 Å². The fraction of sp³-hybridized carbons (Fsp3) is 0.600. The Morgan fingerprint density at radius 2 is 2.24 bits per heavy atom. The highest BCUT2D eigenvalue weighted by atomic mass is 32.1. The minimum Gasteiger partial charge on any atom is -0.465 e. The fourth-order valence-corrected chi connectivity index (χ4v) is 2.18. The van der Waals surface area contributed by atoms with E-state index in [4.69, 9.17) is 10.5 Å². The Balaban J connectivity index is 2.79. The summed E-state index contributed by atoms with van der Waals surface area (Å²) in [5.74, 6) is -0.236. The van der Waals surface area contributed by atoms with E-state index in [0.29, 0.717) is 12.2 Å². The number of nitrogen functional groups attached to an aromatic ring is 1. The SMILES string of the molecule is COCCCN(C)c1snc(N)c1C(=O)OC. The van der Waals surface area contributed by atoms with Gasteiger partial charge in [-0.2, -0.15) is 4.37 Å². The van der Waals surface area contributed by atoms with Crippen LogP contribution in [0.4, 0.5) is 10.8 Å². The van der Waals surface area contributed by atoms with Crippen molar-refractivity contribution in [3.05, 3.63) is 5.56 Å². The van der Waals surface area contributed by atoms with Crippen LogP contribution >= 0.6 is 11.5 Å². The number of hydrogen-bond acceptors (Lipinski definition) is 7. The van der Waals surface area contributed by atoms with Crippen molar-refractivity contribution in [2.45, 2.75) is 6.42 Å². The molecule has 0 aliphatic heterocycles. The third-order valence-electron chi connectivity index (χ3n) is 2.28. The smallest absolute Gasteiger partial charge is 0.344 e. The molecule has 0 amide bonds. The molecule has 1 aromatic rings. The molecule has 1 aromatic heterocycles. The van der Waals surface area contributed by atoms with Gasteiger partial charge in [-0.25, -0.2) is 4.79 Å². The number of nitrogens with two attached hydrogens (primary N) is 1. The molecule has 7 heteroatoms. The predicted molar refractivity (Wildman–Crippen MR) is 67.6 cm³/mol. The van der Waals surface area contributed by atoms with Crippen LogP contribution in [-0.4, -0.2) is 44.8 Å². The molecule has 0 saturated heterocycles. The summed E-state index contributed by atoms with van der Waals surface area (Å²) in [5, 5.41) is 0.727. The largest absolute Gasteiger partial charge is 0.465 e. The van der Waals surface area contributed by atoms with Crippen LogP contribution in [0.3, 0.4) is 0 Å². The third kappa shape index (κ3) is 3.31. The van der Waals surface area contributed by atoms with Crippen molar-refractivity contribution in [1.82, 2.24) is 4.37 Å². The monoisotopic (exact) mass is 259 g/mol. The van der Waals surface area contributed by atoms with Crippen LogP contribution in [0.2, 0.25) is 0 Å². The summed E-state index contributed by atoms with van der Waals surface area (Å²) in [7, 11) is 4.87. The molecule has 2 N–H and O–H groups in total. The molecule has 17 heavy (non-hydrogen) atoms. The van der Waals surface area contributed by atoms with Gasteiger partial charge in [0.05, 0.1) is 7.11 Å². The second-order valence-corrected chi connectivity index (χ2v) is 4.26. The fourth-order valence-electron chi connectivity index (χ4n) is 1.40. The maximum atomic E-state index is 11.6. The van der Waals surface area contributed by atoms with Crippen LogP contribution in [0.25, 0.3) is 0 Å². The van der Waals surface area contributed by atoms with E-state index in [9.17, 15) is 4.79 Å². The van der Waals surface area contributed by atoms with Crippen molar-refractivity contribution < 1.29 is 14.3 Å². The summed E-state index contributed by atoms with van der Waals surface area (Å²) in [6, 6.07) is 0. The first-order valence-electron chi connectivity index (χ1n) is 5.15. The summed E-state index contributed by atoms with van der Waals surface area (Å²) in [4.78, 5) is 13.5. The number of ether oxygens (including phenoxy) is 2. The molecule has 1 heterocycles. The van der Waals surface area contributed by atoms with Crippen molar-refractivity contribution in [3.8, 4) is 0 Å². The maximum Gasteiger partial charge on any atom is 0.344 e. The van der Waals surface area contributed by atoms with Crippen LogP contribution in [-0.2, 0) is 9.47 Å². The van der Waals surface area contributed by atoms with E-state index in [0.717, 1.165) is 18.0 Å². The summed E-state index contributed by atoms with van der Waals surface area (Å²) in [6.45, 7) is 1.44. The number of anilines is 2. The predicted octanol–water partition coefficient (Wildman–Crippen LogP) is 0.985. The van der Waals surface area contributed by atoms with Crippen LogP contribution in [0, 0.1) is 0 Å². The van der Waals surface area contributed by atoms with Crippen molar-refractivity contribution in [2.75, 3.05) is 45.1 Å². The van der Waals surface area contributed by atoms with Gasteiger partial charge in [0.15, 0.2) is 5.82 Å². The number of rotatable bonds is 6. The Morgan fingerprint density at radius 3 is 2.82 bits per heavy atom. The summed E-state index contributed by atoms with van der Waals surface area (Å²) >= 11 is 1.20. The number of methoxy groups -OCH3 is 2. The number of carbonyl (C=O) groups excluding carboxylic acids is 1. The van der Waals surface area contributed by atoms with Gasteiger partial charge in [-0.3, -0.25) is 0 Å². The lowest BCUT2D eigenvalue weighted by molar-refractivity contribution is 0.0603. The van der Waals surface area contributed by atoms with Gasteiger partial charge < -0.3 is 20.1 Å². The van der Waals surface area contributed by atoms with E-state index >= 15 is 0 Å². The van der Waals surface area contributed by atoms with E-state index in [1.807, 2.05) is 11.9 Å². The Bertz CT molecular complexity index is 381. The zero-order chi connectivity index (χ0) is 12.8. The highest BCUT2D eigenvalue weighted by Crippen LogP contribution is 2.30. The molecule has 0 bridgehead atoms. The minimum absolute atomic E-state index is 0.218. The molecule has 6 nitrogen and oxygen atoms in total. The van der Waals surface area contributed by atoms with E-state index in [-0.39, 0.29) is 5.82 Å². The van der Waals surface area contributed by atoms with Gasteiger partial charge in [0, 0.05) is 27.3 Å². The molecule has 0 aromatic carbocycles. The summed E-state index contributed by atoms with van der Waals surface area (Å²) < 4.78 is 13.6. The van der Waals surface area contributed by atoms with Crippen molar-refractivity contribution >= 4 is 28.3 Å². The quantitative estimate of drug-likeness (QED) is 0.606. The van der Waals surface area contributed by atoms with Gasteiger partial charge >= 0.3 is 5.97 Å². The van der Waals surface area contributed by atoms with Crippen LogP contribution in [0.1, 0.15) is 16.8 Å². The molecular weight excluding hydrogens is 242 g/mol. The first kappa shape index (κ1) is 13.7. The average Bonchev–Trinajstić information content (AvgIpc) is 2.70. The minimum atomic E-state index is -0.454. The molecule has 0 saturated carbocycles. The van der Waals surface area contributed by atoms with Crippen molar-refractivity contribution in [3.63, 3.8) is 0 Å². The molecular formula is C10H17N3O3S. The van der Waals surface area contributed by atoms with Gasteiger partial charge in [0.2, 0.25) is 0 Å². The molecule has 0 aliphatic carbocycles. The van der Waals surface area contributed by atoms with Gasteiger partial charge in [0.1, 0.15) is 10.6 Å². The molecule has 0 aliphatic rings. The number of hydrogen-bond donors (Lipinski definition) is 1. The second-order valence-electron chi connectivity index (χ2n) is 3.51. The molecule has 0 radical (unpaired) electrons. The Kier molecular flexibility index (Phi) is 5.17. The Morgan fingerprint density at radius 1 is 1.53 bits per heavy atom. The standard InChI is InChI=1S/C10H17N3O3S/c1-13(5-4-6-15-2)9-7(10(14)16-3)8(11)12-17-9/h4-6H2,1-3H3,(H2,11,12). The molecule has 0 spiro atoms. The highest BCUT2D eigenvalue weighted by molar-refractivity contribution is 7.11. The first-order chi connectivity index (χ1) is 8.11. The third-order valence-corrected chi connectivity index (χ3v) is 3.26. The maximum absolute atomic E-state index is 11.6. The number of nitrogens with zero attached hydrogens (tertiary/aromatic N) is 2. The van der Waals surface area contributed by atoms with E-state index < -0.39 is 5.97 Å². The Labute approximate surface area is 104 Å². The second kappa shape index (κ2) is 6.41. The van der Waals surface area contributed by atoms with Gasteiger partial charge in [-0.1, -0.05) is 0 Å². The van der Waals surface area contributed by atoms with Gasteiger partial charge in [-0.05, 0) is 18.0 Å². The van der Waals surface area contributed by atoms with Gasteiger partial charge in [-0.15, -0.1) is 0 Å². The van der Waals surface area contributed by atoms with Crippen LogP contribution in [0.5, 0.6) is 0 Å². The molecule has 0 atom stereocenters. The number of esters is 1. The van der Waals surface area contributed by atoms with E-state index in [2.05, 4.69) is 9.11 Å². The highest BCUT2D eigenvalue weighted by Gasteiger charge is 2.22. The lowest BCUT2D eigenvalue weighted by Crippen LogP contribution is -2.21. The van der Waals surface area contributed by atoms with Crippen molar-refractivity contribution in [2.24, 2.45) is 0 Å².